The number of methoxy groups -OCH3 is 1. The molecule has 1 saturated carbocycles. The van der Waals surface area contributed by atoms with Crippen molar-refractivity contribution in [3.8, 4) is 11.1 Å². The monoisotopic (exact) mass is 328 g/mol. The van der Waals surface area contributed by atoms with E-state index in [0.717, 1.165) is 29.8 Å². The van der Waals surface area contributed by atoms with Crippen LogP contribution in [0.3, 0.4) is 0 Å². The number of carbonyl (C=O) groups excluding carboxylic acids is 1. The smallest absolute Gasteiger partial charge is 0.133 e. The van der Waals surface area contributed by atoms with Crippen LogP contribution in [-0.4, -0.2) is 18.5 Å². The normalized spacial score (nSPS) is 17.2. The molecule has 0 saturated heterocycles. The van der Waals surface area contributed by atoms with Gasteiger partial charge < -0.3 is 4.74 Å². The van der Waals surface area contributed by atoms with E-state index in [1.165, 1.54) is 11.1 Å². The fourth-order valence-corrected chi connectivity index (χ4v) is 3.50. The third kappa shape index (κ3) is 3.65. The van der Waals surface area contributed by atoms with Gasteiger partial charge in [0, 0.05) is 31.4 Å². The summed E-state index contributed by atoms with van der Waals surface area (Å²) >= 11 is 6.00. The standard InChI is InChI=1S/C20H21ClO2/c1-23-20(12-10-18(22)11-13-20)14-16-4-2-3-5-19(16)15-6-8-17(21)9-7-15/h2-9H,10-14H2,1H3. The molecule has 0 aromatic heterocycles. The van der Waals surface area contributed by atoms with E-state index in [-0.39, 0.29) is 5.60 Å². The van der Waals surface area contributed by atoms with E-state index in [0.29, 0.717) is 18.6 Å². The Kier molecular flexibility index (Phi) is 4.84. The molecular formula is C20H21ClO2. The highest BCUT2D eigenvalue weighted by Crippen LogP contribution is 2.36. The molecular weight excluding hydrogens is 308 g/mol. The zero-order valence-corrected chi connectivity index (χ0v) is 14.1. The van der Waals surface area contributed by atoms with Crippen LogP contribution in [0.1, 0.15) is 31.2 Å². The Labute approximate surface area is 142 Å². The van der Waals surface area contributed by atoms with Crippen molar-refractivity contribution in [2.24, 2.45) is 0 Å². The van der Waals surface area contributed by atoms with Gasteiger partial charge in [-0.1, -0.05) is 48.0 Å². The van der Waals surface area contributed by atoms with Crippen LogP contribution in [-0.2, 0) is 16.0 Å². The van der Waals surface area contributed by atoms with Gasteiger partial charge in [0.1, 0.15) is 5.78 Å². The highest BCUT2D eigenvalue weighted by atomic mass is 35.5. The highest BCUT2D eigenvalue weighted by molar-refractivity contribution is 6.30. The van der Waals surface area contributed by atoms with Crippen LogP contribution in [0.15, 0.2) is 48.5 Å². The molecule has 0 N–H and O–H groups in total. The Balaban J connectivity index is 1.91. The van der Waals surface area contributed by atoms with E-state index in [9.17, 15) is 4.79 Å². The molecule has 3 heteroatoms. The predicted octanol–water partition coefficient (Wildman–Crippen LogP) is 5.08. The average Bonchev–Trinajstić information content (AvgIpc) is 2.59. The number of halogens is 1. The lowest BCUT2D eigenvalue weighted by Gasteiger charge is -2.36. The molecule has 1 aliphatic carbocycles. The number of rotatable bonds is 4. The summed E-state index contributed by atoms with van der Waals surface area (Å²) < 4.78 is 5.87. The zero-order chi connectivity index (χ0) is 16.3. The molecule has 0 unspecified atom stereocenters. The van der Waals surface area contributed by atoms with Crippen molar-refractivity contribution in [1.82, 2.24) is 0 Å². The summed E-state index contributed by atoms with van der Waals surface area (Å²) in [6, 6.07) is 16.3. The molecule has 0 amide bonds. The van der Waals surface area contributed by atoms with Gasteiger partial charge in [0.25, 0.3) is 0 Å². The Morgan fingerprint density at radius 1 is 1.04 bits per heavy atom. The maximum atomic E-state index is 11.6. The van der Waals surface area contributed by atoms with Crippen LogP contribution < -0.4 is 0 Å². The molecule has 0 heterocycles. The summed E-state index contributed by atoms with van der Waals surface area (Å²) in [7, 11) is 1.76. The maximum absolute atomic E-state index is 11.6. The second-order valence-corrected chi connectivity index (χ2v) is 6.70. The number of benzene rings is 2. The lowest BCUT2D eigenvalue weighted by molar-refractivity contribution is -0.127. The van der Waals surface area contributed by atoms with Gasteiger partial charge in [0.05, 0.1) is 5.60 Å². The van der Waals surface area contributed by atoms with E-state index in [4.69, 9.17) is 16.3 Å². The van der Waals surface area contributed by atoms with Crippen LogP contribution in [0, 0.1) is 0 Å². The molecule has 0 radical (unpaired) electrons. The first-order valence-electron chi connectivity index (χ1n) is 8.03. The minimum absolute atomic E-state index is 0.226. The zero-order valence-electron chi connectivity index (χ0n) is 13.3. The average molecular weight is 329 g/mol. The van der Waals surface area contributed by atoms with Gasteiger partial charge in [0.2, 0.25) is 0 Å². The van der Waals surface area contributed by atoms with Crippen molar-refractivity contribution < 1.29 is 9.53 Å². The molecule has 0 aliphatic heterocycles. The van der Waals surface area contributed by atoms with Crippen molar-refractivity contribution in [2.45, 2.75) is 37.7 Å². The SMILES string of the molecule is COC1(Cc2ccccc2-c2ccc(Cl)cc2)CCC(=O)CC1. The molecule has 1 fully saturated rings. The molecule has 2 aromatic carbocycles. The Bertz CT molecular complexity index is 681. The van der Waals surface area contributed by atoms with E-state index in [2.05, 4.69) is 24.3 Å². The van der Waals surface area contributed by atoms with Crippen LogP contribution >= 0.6 is 11.6 Å². The largest absolute Gasteiger partial charge is 0.378 e. The van der Waals surface area contributed by atoms with Gasteiger partial charge in [0.15, 0.2) is 0 Å². The van der Waals surface area contributed by atoms with Gasteiger partial charge in [-0.05, 0) is 41.7 Å². The van der Waals surface area contributed by atoms with Gasteiger partial charge in [-0.15, -0.1) is 0 Å². The summed E-state index contributed by atoms with van der Waals surface area (Å²) in [6.45, 7) is 0. The first kappa shape index (κ1) is 16.2. The number of Topliss-reactive ketones (excluding diaryl/α,β-unsaturated/α-hetero) is 1. The number of ketones is 1. The minimum atomic E-state index is -0.226. The van der Waals surface area contributed by atoms with Gasteiger partial charge in [-0.3, -0.25) is 4.79 Å². The third-order valence-electron chi connectivity index (χ3n) is 4.84. The van der Waals surface area contributed by atoms with Crippen molar-refractivity contribution in [2.75, 3.05) is 7.11 Å². The molecule has 23 heavy (non-hydrogen) atoms. The van der Waals surface area contributed by atoms with E-state index < -0.39 is 0 Å². The molecule has 0 atom stereocenters. The van der Waals surface area contributed by atoms with Crippen LogP contribution in [0.5, 0.6) is 0 Å². The van der Waals surface area contributed by atoms with Crippen molar-refractivity contribution in [3.63, 3.8) is 0 Å². The maximum Gasteiger partial charge on any atom is 0.133 e. The number of carbonyl (C=O) groups is 1. The van der Waals surface area contributed by atoms with Gasteiger partial charge in [-0.25, -0.2) is 0 Å². The molecule has 1 aliphatic rings. The summed E-state index contributed by atoms with van der Waals surface area (Å²) in [5.74, 6) is 0.351. The lowest BCUT2D eigenvalue weighted by Crippen LogP contribution is -2.38. The Hall–Kier alpha value is -1.64. The fraction of sp³-hybridized carbons (Fsp3) is 0.350. The van der Waals surface area contributed by atoms with Crippen molar-refractivity contribution in [1.29, 1.82) is 0 Å². The second kappa shape index (κ2) is 6.86. The van der Waals surface area contributed by atoms with E-state index in [1.54, 1.807) is 7.11 Å². The van der Waals surface area contributed by atoms with Crippen molar-refractivity contribution in [3.05, 3.63) is 59.1 Å². The third-order valence-corrected chi connectivity index (χ3v) is 5.09. The topological polar surface area (TPSA) is 26.3 Å². The van der Waals surface area contributed by atoms with Gasteiger partial charge >= 0.3 is 0 Å². The van der Waals surface area contributed by atoms with Gasteiger partial charge in [-0.2, -0.15) is 0 Å². The second-order valence-electron chi connectivity index (χ2n) is 6.27. The number of hydrogen-bond donors (Lipinski definition) is 0. The summed E-state index contributed by atoms with van der Waals surface area (Å²) in [5.41, 5.74) is 3.39. The first-order valence-corrected chi connectivity index (χ1v) is 8.40. The summed E-state index contributed by atoms with van der Waals surface area (Å²) in [4.78, 5) is 11.6. The minimum Gasteiger partial charge on any atom is -0.378 e. The summed E-state index contributed by atoms with van der Waals surface area (Å²) in [5, 5.41) is 0.741. The van der Waals surface area contributed by atoms with Crippen molar-refractivity contribution >= 4 is 17.4 Å². The fourth-order valence-electron chi connectivity index (χ4n) is 3.37. The Morgan fingerprint density at radius 2 is 1.70 bits per heavy atom. The molecule has 3 rings (SSSR count). The molecule has 2 nitrogen and oxygen atoms in total. The van der Waals surface area contributed by atoms with Crippen LogP contribution in [0.2, 0.25) is 5.02 Å². The molecule has 0 bridgehead atoms. The Morgan fingerprint density at radius 3 is 2.35 bits per heavy atom. The molecule has 120 valence electrons. The van der Waals surface area contributed by atoms with E-state index in [1.807, 2.05) is 24.3 Å². The molecule has 0 spiro atoms. The van der Waals surface area contributed by atoms with Crippen LogP contribution in [0.25, 0.3) is 11.1 Å². The number of hydrogen-bond acceptors (Lipinski definition) is 2. The van der Waals surface area contributed by atoms with Crippen LogP contribution in [0.4, 0.5) is 0 Å². The summed E-state index contributed by atoms with van der Waals surface area (Å²) in [6.07, 6.45) is 3.68. The number of ether oxygens (including phenoxy) is 1. The first-order chi connectivity index (χ1) is 11.1. The quantitative estimate of drug-likeness (QED) is 0.782. The van der Waals surface area contributed by atoms with E-state index >= 15 is 0 Å². The highest BCUT2D eigenvalue weighted by Gasteiger charge is 2.35. The molecule has 2 aromatic rings. The lowest BCUT2D eigenvalue weighted by atomic mass is 9.78. The predicted molar refractivity (Wildman–Crippen MR) is 93.8 cm³/mol.